The lowest BCUT2D eigenvalue weighted by atomic mass is 10.1. The normalized spacial score (nSPS) is 11.9. The smallest absolute Gasteiger partial charge is 0.251 e. The highest BCUT2D eigenvalue weighted by atomic mass is 35.5. The second-order valence-corrected chi connectivity index (χ2v) is 7.95. The van der Waals surface area contributed by atoms with E-state index in [0.717, 1.165) is 22.0 Å². The van der Waals surface area contributed by atoms with Crippen LogP contribution in [-0.4, -0.2) is 29.9 Å². The summed E-state index contributed by atoms with van der Waals surface area (Å²) in [5.41, 5.74) is 3.41. The molecule has 1 aromatic heterocycles. The first-order chi connectivity index (χ1) is 15.5. The van der Waals surface area contributed by atoms with Crippen LogP contribution in [0.1, 0.15) is 34.5 Å². The predicted molar refractivity (Wildman–Crippen MR) is 126 cm³/mol. The van der Waals surface area contributed by atoms with E-state index in [4.69, 9.17) is 21.1 Å². The molecule has 0 aliphatic heterocycles. The van der Waals surface area contributed by atoms with E-state index in [1.165, 1.54) is 0 Å². The standard InChI is InChI=1S/C25H24ClN3O3/c1-16(18-9-10-23(31-2)24(13-18)32-3)28-25(30)19-7-8-20-14-27-29(22(20)12-19)15-17-5-4-6-21(26)11-17/h4-14,16H,15H2,1-3H3,(H,28,30)/t16-/m1/s1. The minimum atomic E-state index is -0.214. The third-order valence-electron chi connectivity index (χ3n) is 5.38. The van der Waals surface area contributed by atoms with Gasteiger partial charge >= 0.3 is 0 Å². The van der Waals surface area contributed by atoms with Crippen molar-refractivity contribution in [2.24, 2.45) is 0 Å². The predicted octanol–water partition coefficient (Wildman–Crippen LogP) is 5.25. The van der Waals surface area contributed by atoms with Crippen LogP contribution in [0.5, 0.6) is 11.5 Å². The van der Waals surface area contributed by atoms with Crippen molar-refractivity contribution < 1.29 is 14.3 Å². The molecule has 0 radical (unpaired) electrons. The van der Waals surface area contributed by atoms with E-state index in [1.54, 1.807) is 20.4 Å². The van der Waals surface area contributed by atoms with Crippen LogP contribution in [0.3, 0.4) is 0 Å². The fraction of sp³-hybridized carbons (Fsp3) is 0.200. The lowest BCUT2D eigenvalue weighted by Crippen LogP contribution is -2.26. The zero-order chi connectivity index (χ0) is 22.7. The number of methoxy groups -OCH3 is 2. The van der Waals surface area contributed by atoms with Gasteiger partial charge in [-0.2, -0.15) is 5.10 Å². The molecule has 0 bridgehead atoms. The maximum Gasteiger partial charge on any atom is 0.251 e. The average Bonchev–Trinajstić information content (AvgIpc) is 3.20. The highest BCUT2D eigenvalue weighted by Crippen LogP contribution is 2.30. The third kappa shape index (κ3) is 4.55. The number of hydrogen-bond acceptors (Lipinski definition) is 4. The molecule has 164 valence electrons. The molecule has 0 unspecified atom stereocenters. The molecule has 0 spiro atoms. The molecular formula is C25H24ClN3O3. The van der Waals surface area contributed by atoms with Crippen LogP contribution >= 0.6 is 11.6 Å². The number of carbonyl (C=O) groups is 1. The van der Waals surface area contributed by atoms with Crippen molar-refractivity contribution in [1.82, 2.24) is 15.1 Å². The number of ether oxygens (including phenoxy) is 2. The fourth-order valence-electron chi connectivity index (χ4n) is 3.63. The lowest BCUT2D eigenvalue weighted by Gasteiger charge is -2.17. The Morgan fingerprint density at radius 3 is 2.62 bits per heavy atom. The zero-order valence-corrected chi connectivity index (χ0v) is 18.9. The largest absolute Gasteiger partial charge is 0.493 e. The van der Waals surface area contributed by atoms with Crippen LogP contribution in [0, 0.1) is 0 Å². The van der Waals surface area contributed by atoms with Crippen LogP contribution in [0.4, 0.5) is 0 Å². The lowest BCUT2D eigenvalue weighted by molar-refractivity contribution is 0.0940. The van der Waals surface area contributed by atoms with Gasteiger partial charge in [0.15, 0.2) is 11.5 Å². The number of hydrogen-bond donors (Lipinski definition) is 1. The van der Waals surface area contributed by atoms with Gasteiger partial charge in [0.05, 0.1) is 38.5 Å². The molecule has 4 aromatic rings. The number of amides is 1. The van der Waals surface area contributed by atoms with Gasteiger partial charge < -0.3 is 14.8 Å². The van der Waals surface area contributed by atoms with Crippen molar-refractivity contribution in [3.05, 3.63) is 88.6 Å². The van der Waals surface area contributed by atoms with Gasteiger partial charge in [0.2, 0.25) is 0 Å². The molecule has 1 N–H and O–H groups in total. The van der Waals surface area contributed by atoms with E-state index in [2.05, 4.69) is 10.4 Å². The van der Waals surface area contributed by atoms with Crippen molar-refractivity contribution in [3.8, 4) is 11.5 Å². The Labute approximate surface area is 191 Å². The number of nitrogens with zero attached hydrogens (tertiary/aromatic N) is 2. The molecule has 6 nitrogen and oxygen atoms in total. The van der Waals surface area contributed by atoms with Crippen LogP contribution in [0.15, 0.2) is 66.9 Å². The van der Waals surface area contributed by atoms with Gasteiger partial charge in [-0.1, -0.05) is 35.9 Å². The number of halogens is 1. The Kier molecular flexibility index (Phi) is 6.32. The van der Waals surface area contributed by atoms with E-state index >= 15 is 0 Å². The summed E-state index contributed by atoms with van der Waals surface area (Å²) in [6, 6.07) is 18.7. The first kappa shape index (κ1) is 21.7. The van der Waals surface area contributed by atoms with Crippen molar-refractivity contribution in [3.63, 3.8) is 0 Å². The number of benzene rings is 3. The summed E-state index contributed by atoms with van der Waals surface area (Å²) in [4.78, 5) is 13.0. The highest BCUT2D eigenvalue weighted by molar-refractivity contribution is 6.30. The number of fused-ring (bicyclic) bond motifs is 1. The first-order valence-electron chi connectivity index (χ1n) is 10.2. The number of aromatic nitrogens is 2. The van der Waals surface area contributed by atoms with Gasteiger partial charge in [-0.3, -0.25) is 9.48 Å². The number of nitrogens with one attached hydrogen (secondary N) is 1. The Morgan fingerprint density at radius 1 is 1.06 bits per heavy atom. The van der Waals surface area contributed by atoms with Gasteiger partial charge in [0.25, 0.3) is 5.91 Å². The van der Waals surface area contributed by atoms with Gasteiger partial charge in [0, 0.05) is 16.0 Å². The molecule has 1 amide bonds. The molecule has 0 saturated heterocycles. The van der Waals surface area contributed by atoms with Gasteiger partial charge in [0.1, 0.15) is 0 Å². The van der Waals surface area contributed by atoms with Crippen molar-refractivity contribution in [1.29, 1.82) is 0 Å². The minimum absolute atomic E-state index is 0.162. The summed E-state index contributed by atoms with van der Waals surface area (Å²) in [6.07, 6.45) is 1.80. The van der Waals surface area contributed by atoms with Crippen molar-refractivity contribution in [2.75, 3.05) is 14.2 Å². The molecule has 0 fully saturated rings. The summed E-state index contributed by atoms with van der Waals surface area (Å²) in [7, 11) is 3.18. The van der Waals surface area contributed by atoms with E-state index in [0.29, 0.717) is 28.6 Å². The first-order valence-corrected chi connectivity index (χ1v) is 10.6. The maximum atomic E-state index is 13.0. The van der Waals surface area contributed by atoms with Gasteiger partial charge in [-0.25, -0.2) is 0 Å². The van der Waals surface area contributed by atoms with Crippen molar-refractivity contribution in [2.45, 2.75) is 19.5 Å². The Morgan fingerprint density at radius 2 is 1.88 bits per heavy atom. The fourth-order valence-corrected chi connectivity index (χ4v) is 3.84. The molecule has 4 rings (SSSR count). The average molecular weight is 450 g/mol. The Balaban J connectivity index is 1.55. The Hall–Kier alpha value is -3.51. The molecule has 1 atom stereocenters. The van der Waals surface area contributed by atoms with Crippen molar-refractivity contribution >= 4 is 28.4 Å². The second kappa shape index (κ2) is 9.32. The topological polar surface area (TPSA) is 65.4 Å². The molecule has 1 heterocycles. The Bertz CT molecular complexity index is 1270. The summed E-state index contributed by atoms with van der Waals surface area (Å²) in [5.74, 6) is 1.11. The third-order valence-corrected chi connectivity index (χ3v) is 5.62. The summed E-state index contributed by atoms with van der Waals surface area (Å²) in [5, 5.41) is 9.19. The number of carbonyl (C=O) groups excluding carboxylic acids is 1. The van der Waals surface area contributed by atoms with Crippen LogP contribution in [-0.2, 0) is 6.54 Å². The van der Waals surface area contributed by atoms with E-state index < -0.39 is 0 Å². The van der Waals surface area contributed by atoms with Gasteiger partial charge in [-0.15, -0.1) is 0 Å². The van der Waals surface area contributed by atoms with Crippen LogP contribution in [0.2, 0.25) is 5.02 Å². The minimum Gasteiger partial charge on any atom is -0.493 e. The number of rotatable bonds is 7. The summed E-state index contributed by atoms with van der Waals surface area (Å²) < 4.78 is 12.5. The second-order valence-electron chi connectivity index (χ2n) is 7.52. The molecule has 0 aliphatic rings. The zero-order valence-electron chi connectivity index (χ0n) is 18.1. The molecule has 0 saturated carbocycles. The molecule has 7 heteroatoms. The molecular weight excluding hydrogens is 426 g/mol. The molecule has 32 heavy (non-hydrogen) atoms. The summed E-state index contributed by atoms with van der Waals surface area (Å²) >= 11 is 6.11. The monoisotopic (exact) mass is 449 g/mol. The SMILES string of the molecule is COc1ccc([C@@H](C)NC(=O)c2ccc3cnn(Cc4cccc(Cl)c4)c3c2)cc1OC. The molecule has 0 aliphatic carbocycles. The van der Waals surface area contributed by atoms with Gasteiger partial charge in [-0.05, 0) is 54.4 Å². The highest BCUT2D eigenvalue weighted by Gasteiger charge is 2.15. The molecule has 3 aromatic carbocycles. The van der Waals surface area contributed by atoms with E-state index in [1.807, 2.05) is 72.3 Å². The summed E-state index contributed by atoms with van der Waals surface area (Å²) in [6.45, 7) is 2.50. The van der Waals surface area contributed by atoms with E-state index in [9.17, 15) is 4.79 Å². The van der Waals surface area contributed by atoms with Crippen LogP contribution < -0.4 is 14.8 Å². The maximum absolute atomic E-state index is 13.0. The van der Waals surface area contributed by atoms with E-state index in [-0.39, 0.29) is 11.9 Å². The van der Waals surface area contributed by atoms with Crippen LogP contribution in [0.25, 0.3) is 10.9 Å². The quantitative estimate of drug-likeness (QED) is 0.418.